The van der Waals surface area contributed by atoms with Gasteiger partial charge in [-0.2, -0.15) is 4.98 Å². The molecular weight excluding hydrogens is 797 g/mol. The summed E-state index contributed by atoms with van der Waals surface area (Å²) in [6.45, 7) is 17.4. The zero-order valence-corrected chi connectivity index (χ0v) is 36.5. The Morgan fingerprint density at radius 3 is 2.17 bits per heavy atom. The number of amides is 4. The van der Waals surface area contributed by atoms with Crippen LogP contribution in [0.25, 0.3) is 33.8 Å². The highest BCUT2D eigenvalue weighted by atomic mass is 16.5. The number of carbonyl (C=O) groups excluding carboxylic acids is 3. The van der Waals surface area contributed by atoms with Crippen molar-refractivity contribution in [2.75, 3.05) is 67.1 Å². The van der Waals surface area contributed by atoms with Crippen LogP contribution in [0.5, 0.6) is 0 Å². The van der Waals surface area contributed by atoms with Gasteiger partial charge in [-0.3, -0.25) is 24.7 Å². The normalized spacial score (nSPS) is 17.3. The van der Waals surface area contributed by atoms with Gasteiger partial charge < -0.3 is 24.6 Å². The molecule has 4 amide bonds. The van der Waals surface area contributed by atoms with Crippen molar-refractivity contribution in [2.24, 2.45) is 5.92 Å². The molecule has 3 aromatic carbocycles. The van der Waals surface area contributed by atoms with Crippen molar-refractivity contribution in [3.05, 3.63) is 95.9 Å². The molecule has 326 valence electrons. The molecule has 16 nitrogen and oxygen atoms in total. The quantitative estimate of drug-likeness (QED) is 0.134. The number of imide groups is 1. The number of benzene rings is 3. The van der Waals surface area contributed by atoms with Crippen LogP contribution in [0.3, 0.4) is 0 Å². The number of hydrogen-bond donors (Lipinski definition) is 3. The van der Waals surface area contributed by atoms with E-state index in [4.69, 9.17) is 9.51 Å². The first-order valence-corrected chi connectivity index (χ1v) is 21.9. The lowest BCUT2D eigenvalue weighted by atomic mass is 9.95. The van der Waals surface area contributed by atoms with Gasteiger partial charge in [-0.25, -0.2) is 19.7 Å². The molecule has 0 bridgehead atoms. The molecule has 3 aliphatic rings. The molecule has 0 spiro atoms. The maximum absolute atomic E-state index is 12.9. The van der Waals surface area contributed by atoms with Crippen LogP contribution in [-0.2, 0) is 10.2 Å². The van der Waals surface area contributed by atoms with Crippen molar-refractivity contribution in [2.45, 2.75) is 65.3 Å². The minimum Gasteiger partial charge on any atom is -0.372 e. The molecule has 63 heavy (non-hydrogen) atoms. The molecule has 0 unspecified atom stereocenters. The van der Waals surface area contributed by atoms with Crippen LogP contribution in [0.2, 0.25) is 0 Å². The highest BCUT2D eigenvalue weighted by molar-refractivity contribution is 6.05. The molecule has 1 atom stereocenters. The number of nitrogens with one attached hydrogen (secondary N) is 3. The molecule has 3 aliphatic heterocycles. The van der Waals surface area contributed by atoms with Crippen LogP contribution in [-0.4, -0.2) is 105 Å². The number of imidazole rings is 1. The number of aromatic amines is 1. The average molecular weight is 851 g/mol. The van der Waals surface area contributed by atoms with Crippen LogP contribution in [0, 0.1) is 12.8 Å². The van der Waals surface area contributed by atoms with E-state index in [1.807, 2.05) is 58.9 Å². The topological polar surface area (TPSA) is 182 Å². The predicted octanol–water partition coefficient (Wildman–Crippen LogP) is 6.65. The van der Waals surface area contributed by atoms with E-state index in [1.54, 1.807) is 11.2 Å². The van der Waals surface area contributed by atoms with Gasteiger partial charge in [0.25, 0.3) is 11.7 Å². The Hall–Kier alpha value is -6.68. The van der Waals surface area contributed by atoms with Gasteiger partial charge in [-0.15, -0.1) is 0 Å². The maximum Gasteiger partial charge on any atom is 0.328 e. The first kappa shape index (κ1) is 41.7. The first-order valence-electron chi connectivity index (χ1n) is 21.9. The summed E-state index contributed by atoms with van der Waals surface area (Å²) in [6.07, 6.45) is 4.19. The number of nitrogens with zero attached hydrogens (tertiary/aromatic N) is 9. The number of urea groups is 1. The number of H-pyrrole nitrogens is 1. The van der Waals surface area contributed by atoms with Gasteiger partial charge in [-0.1, -0.05) is 38.1 Å². The van der Waals surface area contributed by atoms with Crippen LogP contribution in [0.15, 0.2) is 77.6 Å². The van der Waals surface area contributed by atoms with E-state index in [0.717, 1.165) is 98.1 Å². The Kier molecular flexibility index (Phi) is 11.4. The van der Waals surface area contributed by atoms with Gasteiger partial charge in [0.1, 0.15) is 23.4 Å². The van der Waals surface area contributed by atoms with Gasteiger partial charge in [0.2, 0.25) is 11.8 Å². The predicted molar refractivity (Wildman–Crippen MR) is 242 cm³/mol. The Balaban J connectivity index is 0.768. The number of piperazine rings is 1. The standard InChI is InChI=1S/C47H54N12O4/c1-29-26-33(8-15-37(29)30(2)50-44(61)43-54-45(63-55-43)47(3,4)5)39-40-42(49-28-48-39)53-41(52-40)32-6-9-34(10-7-32)58-24-22-56(23-25-58)27-31-16-19-57(20-17-31)35-11-13-36(14-12-35)59-21-18-38(60)51-46(59)62/h6-15,26,28,30-31H,16-25,27H2,1-5H3,(H,50,61)(H,51,60,62)(H,48,49,52,53)/t30-/m1/s1. The number of fused-ring (bicyclic) bond motifs is 1. The molecule has 6 aromatic rings. The number of anilines is 3. The monoisotopic (exact) mass is 850 g/mol. The largest absolute Gasteiger partial charge is 0.372 e. The molecule has 16 heteroatoms. The second-order valence-electron chi connectivity index (χ2n) is 18.0. The summed E-state index contributed by atoms with van der Waals surface area (Å²) in [5, 5.41) is 9.28. The molecule has 6 heterocycles. The third-order valence-corrected chi connectivity index (χ3v) is 12.5. The van der Waals surface area contributed by atoms with Gasteiger partial charge in [0.15, 0.2) is 5.65 Å². The second kappa shape index (κ2) is 17.2. The lowest BCUT2D eigenvalue weighted by Crippen LogP contribution is -2.49. The van der Waals surface area contributed by atoms with Crippen LogP contribution in [0.1, 0.15) is 80.6 Å². The fourth-order valence-electron chi connectivity index (χ4n) is 8.86. The zero-order valence-electron chi connectivity index (χ0n) is 36.5. The Morgan fingerprint density at radius 1 is 0.841 bits per heavy atom. The number of aromatic nitrogens is 6. The molecule has 3 N–H and O–H groups in total. The van der Waals surface area contributed by atoms with E-state index in [-0.39, 0.29) is 29.2 Å². The highest BCUT2D eigenvalue weighted by Crippen LogP contribution is 2.32. The Bertz CT molecular complexity index is 2620. The number of carbonyl (C=O) groups is 3. The van der Waals surface area contributed by atoms with Crippen molar-refractivity contribution < 1.29 is 18.9 Å². The van der Waals surface area contributed by atoms with Gasteiger partial charge in [0, 0.05) is 92.4 Å². The van der Waals surface area contributed by atoms with Crippen molar-refractivity contribution in [3.63, 3.8) is 0 Å². The van der Waals surface area contributed by atoms with Crippen LogP contribution < -0.4 is 25.3 Å². The number of piperidine rings is 1. The maximum atomic E-state index is 12.9. The molecule has 3 aromatic heterocycles. The Labute approximate surface area is 366 Å². The van der Waals surface area contributed by atoms with Gasteiger partial charge in [0.05, 0.1) is 6.04 Å². The van der Waals surface area contributed by atoms with Crippen molar-refractivity contribution in [3.8, 4) is 22.6 Å². The number of rotatable bonds is 10. The molecule has 3 saturated heterocycles. The summed E-state index contributed by atoms with van der Waals surface area (Å²) in [5.74, 6) is 1.23. The van der Waals surface area contributed by atoms with Gasteiger partial charge in [-0.05, 0) is 98.3 Å². The van der Waals surface area contributed by atoms with Crippen molar-refractivity contribution in [1.29, 1.82) is 0 Å². The van der Waals surface area contributed by atoms with Gasteiger partial charge >= 0.3 is 6.03 Å². The third-order valence-electron chi connectivity index (χ3n) is 12.5. The van der Waals surface area contributed by atoms with E-state index in [2.05, 4.69) is 92.9 Å². The smallest absolute Gasteiger partial charge is 0.328 e. The fourth-order valence-corrected chi connectivity index (χ4v) is 8.86. The summed E-state index contributed by atoms with van der Waals surface area (Å²) < 4.78 is 5.31. The summed E-state index contributed by atoms with van der Waals surface area (Å²) in [6, 6.07) is 22.2. The third kappa shape index (κ3) is 8.98. The minimum atomic E-state index is -0.392. The van der Waals surface area contributed by atoms with Crippen LogP contribution in [0.4, 0.5) is 21.9 Å². The lowest BCUT2D eigenvalue weighted by Gasteiger charge is -2.40. The Morgan fingerprint density at radius 2 is 1.51 bits per heavy atom. The van der Waals surface area contributed by atoms with Crippen molar-refractivity contribution in [1.82, 2.24) is 45.6 Å². The minimum absolute atomic E-state index is 0.0157. The van der Waals surface area contributed by atoms with E-state index in [9.17, 15) is 14.4 Å². The summed E-state index contributed by atoms with van der Waals surface area (Å²) in [4.78, 5) is 67.7. The van der Waals surface area contributed by atoms with Crippen LogP contribution >= 0.6 is 0 Å². The molecule has 0 radical (unpaired) electrons. The van der Waals surface area contributed by atoms with E-state index < -0.39 is 5.91 Å². The molecule has 0 aliphatic carbocycles. The second-order valence-corrected chi connectivity index (χ2v) is 18.0. The summed E-state index contributed by atoms with van der Waals surface area (Å²) >= 11 is 0. The highest BCUT2D eigenvalue weighted by Gasteiger charge is 2.28. The summed E-state index contributed by atoms with van der Waals surface area (Å²) in [5.41, 5.74) is 8.77. The number of hydrogen-bond acceptors (Lipinski definition) is 12. The molecule has 9 rings (SSSR count). The number of aryl methyl sites for hydroxylation is 1. The lowest BCUT2D eigenvalue weighted by molar-refractivity contribution is -0.120. The van der Waals surface area contributed by atoms with Crippen molar-refractivity contribution >= 4 is 46.1 Å². The SMILES string of the molecule is Cc1cc(-c2ncnc3[nH]c(-c4ccc(N5CCN(CC6CCN(c7ccc(N8CCC(=O)NC8=O)cc7)CC6)CC5)cc4)nc23)ccc1[C@@H](C)NC(=O)c1noc(C(C)(C)C)n1. The van der Waals surface area contributed by atoms with E-state index in [0.29, 0.717) is 35.9 Å². The summed E-state index contributed by atoms with van der Waals surface area (Å²) in [7, 11) is 0. The average Bonchev–Trinajstić information content (AvgIpc) is 3.97. The molecule has 3 fully saturated rings. The van der Waals surface area contributed by atoms with E-state index >= 15 is 0 Å². The van der Waals surface area contributed by atoms with E-state index in [1.165, 1.54) is 11.4 Å². The first-order chi connectivity index (χ1) is 30.4. The zero-order chi connectivity index (χ0) is 43.8. The molecular formula is C47H54N12O4. The molecule has 0 saturated carbocycles. The fraction of sp³-hybridized carbons (Fsp3) is 0.404.